The number of hydrogen-bond acceptors (Lipinski definition) is 6. The second kappa shape index (κ2) is 9.16. The van der Waals surface area contributed by atoms with Crippen LogP contribution in [-0.2, 0) is 25.5 Å². The van der Waals surface area contributed by atoms with Crippen LogP contribution in [0, 0.1) is 5.41 Å². The van der Waals surface area contributed by atoms with Gasteiger partial charge >= 0.3 is 11.9 Å². The minimum absolute atomic E-state index is 0.0567. The first kappa shape index (κ1) is 22.3. The van der Waals surface area contributed by atoms with E-state index in [2.05, 4.69) is 6.58 Å². The zero-order chi connectivity index (χ0) is 22.6. The number of fused-ring (bicyclic) bond motifs is 1. The lowest BCUT2D eigenvalue weighted by atomic mass is 9.75. The van der Waals surface area contributed by atoms with Gasteiger partial charge in [-0.15, -0.1) is 0 Å². The molecule has 6 nitrogen and oxygen atoms in total. The first-order valence-electron chi connectivity index (χ1n) is 10.2. The van der Waals surface area contributed by atoms with E-state index in [1.807, 2.05) is 24.3 Å². The molecule has 1 atom stereocenters. The van der Waals surface area contributed by atoms with E-state index < -0.39 is 23.3 Å². The van der Waals surface area contributed by atoms with Gasteiger partial charge in [0.1, 0.15) is 11.5 Å². The molecule has 0 fully saturated rings. The van der Waals surface area contributed by atoms with Crippen molar-refractivity contribution in [2.24, 2.45) is 5.41 Å². The quantitative estimate of drug-likeness (QED) is 0.274. The maximum absolute atomic E-state index is 13.2. The van der Waals surface area contributed by atoms with Crippen LogP contribution in [0.2, 0.25) is 0 Å². The van der Waals surface area contributed by atoms with Gasteiger partial charge in [0.2, 0.25) is 0 Å². The van der Waals surface area contributed by atoms with Crippen molar-refractivity contribution >= 4 is 17.7 Å². The summed E-state index contributed by atoms with van der Waals surface area (Å²) in [6.07, 6.45) is 0.136. The summed E-state index contributed by atoms with van der Waals surface area (Å²) in [6.45, 7) is 9.18. The third-order valence-corrected chi connectivity index (χ3v) is 5.44. The summed E-state index contributed by atoms with van der Waals surface area (Å²) in [5.74, 6) is -1.49. The van der Waals surface area contributed by atoms with Crippen molar-refractivity contribution in [2.75, 3.05) is 13.2 Å². The Kier molecular flexibility index (Phi) is 6.59. The molecular weight excluding hydrogens is 396 g/mol. The van der Waals surface area contributed by atoms with Crippen LogP contribution in [0.25, 0.3) is 0 Å². The zero-order valence-corrected chi connectivity index (χ0v) is 18.0. The Balaban J connectivity index is 2.04. The number of ketones is 1. The van der Waals surface area contributed by atoms with E-state index in [4.69, 9.17) is 14.2 Å². The van der Waals surface area contributed by atoms with Gasteiger partial charge in [-0.05, 0) is 56.2 Å². The van der Waals surface area contributed by atoms with Crippen LogP contribution in [0.1, 0.15) is 48.2 Å². The van der Waals surface area contributed by atoms with Gasteiger partial charge in [-0.3, -0.25) is 14.4 Å². The molecule has 0 N–H and O–H groups in total. The Morgan fingerprint density at radius 3 is 2.10 bits per heavy atom. The number of Topliss-reactive ketones (excluding diaryl/α,β-unsaturated/α-hetero) is 1. The van der Waals surface area contributed by atoms with Gasteiger partial charge in [0.25, 0.3) is 0 Å². The number of allylic oxidation sites excluding steroid dienone is 1. The molecule has 0 aromatic heterocycles. The SMILES string of the molecule is C=C(Oc1ccc(C(C)=O)cc1)C1c2ccccc2CC1(C(=O)OCC)C(=O)OCC. The molecule has 0 amide bonds. The zero-order valence-electron chi connectivity index (χ0n) is 18.0. The molecule has 1 aliphatic carbocycles. The molecule has 0 saturated carbocycles. The van der Waals surface area contributed by atoms with Gasteiger partial charge in [-0.25, -0.2) is 0 Å². The fraction of sp³-hybridized carbons (Fsp3) is 0.320. The number of carbonyl (C=O) groups excluding carboxylic acids is 3. The third-order valence-electron chi connectivity index (χ3n) is 5.44. The lowest BCUT2D eigenvalue weighted by molar-refractivity contribution is -0.173. The standard InChI is InChI=1S/C25H26O6/c1-5-29-23(27)25(24(28)30-6-2)15-19-9-7-8-10-21(19)22(25)17(4)31-20-13-11-18(12-14-20)16(3)26/h7-14,22H,4-6,15H2,1-3H3. The molecule has 6 heteroatoms. The average molecular weight is 422 g/mol. The molecule has 31 heavy (non-hydrogen) atoms. The molecule has 0 aliphatic heterocycles. The van der Waals surface area contributed by atoms with Crippen LogP contribution in [0.5, 0.6) is 5.75 Å². The minimum atomic E-state index is -1.62. The van der Waals surface area contributed by atoms with E-state index in [-0.39, 0.29) is 31.2 Å². The molecule has 162 valence electrons. The van der Waals surface area contributed by atoms with E-state index in [1.165, 1.54) is 6.92 Å². The van der Waals surface area contributed by atoms with E-state index in [1.54, 1.807) is 38.1 Å². The highest BCUT2D eigenvalue weighted by molar-refractivity contribution is 6.03. The van der Waals surface area contributed by atoms with Gasteiger partial charge in [-0.1, -0.05) is 30.8 Å². The molecular formula is C25H26O6. The summed E-state index contributed by atoms with van der Waals surface area (Å²) in [7, 11) is 0. The Bertz CT molecular complexity index is 987. The van der Waals surface area contributed by atoms with E-state index >= 15 is 0 Å². The molecule has 0 heterocycles. The van der Waals surface area contributed by atoms with Crippen molar-refractivity contribution in [2.45, 2.75) is 33.1 Å². The maximum Gasteiger partial charge on any atom is 0.324 e. The van der Waals surface area contributed by atoms with Gasteiger partial charge in [-0.2, -0.15) is 0 Å². The van der Waals surface area contributed by atoms with E-state index in [0.29, 0.717) is 11.3 Å². The number of ether oxygens (including phenoxy) is 3. The Hall–Kier alpha value is -3.41. The highest BCUT2D eigenvalue weighted by atomic mass is 16.6. The van der Waals surface area contributed by atoms with Crippen molar-refractivity contribution in [1.29, 1.82) is 0 Å². The molecule has 0 radical (unpaired) electrons. The second-order valence-electron chi connectivity index (χ2n) is 7.37. The summed E-state index contributed by atoms with van der Waals surface area (Å²) in [4.78, 5) is 37.9. The first-order chi connectivity index (χ1) is 14.8. The van der Waals surface area contributed by atoms with Crippen molar-refractivity contribution in [3.8, 4) is 5.75 Å². The Labute approximate surface area is 181 Å². The van der Waals surface area contributed by atoms with E-state index in [0.717, 1.165) is 11.1 Å². The Morgan fingerprint density at radius 1 is 0.968 bits per heavy atom. The van der Waals surface area contributed by atoms with Crippen LogP contribution in [0.3, 0.4) is 0 Å². The third kappa shape index (κ3) is 4.10. The second-order valence-corrected chi connectivity index (χ2v) is 7.37. The topological polar surface area (TPSA) is 78.9 Å². The molecule has 2 aromatic carbocycles. The van der Waals surface area contributed by atoms with Crippen LogP contribution < -0.4 is 4.74 Å². The van der Waals surface area contributed by atoms with Gasteiger partial charge in [0.05, 0.1) is 19.1 Å². The summed E-state index contributed by atoms with van der Waals surface area (Å²) in [5, 5.41) is 0. The van der Waals surface area contributed by atoms with E-state index in [9.17, 15) is 14.4 Å². The molecule has 0 saturated heterocycles. The van der Waals surface area contributed by atoms with Crippen LogP contribution in [0.15, 0.2) is 60.9 Å². The smallest absolute Gasteiger partial charge is 0.324 e. The molecule has 3 rings (SSSR count). The predicted molar refractivity (Wildman–Crippen MR) is 115 cm³/mol. The normalized spacial score (nSPS) is 16.2. The predicted octanol–water partition coefficient (Wildman–Crippen LogP) is 4.23. The summed E-state index contributed by atoms with van der Waals surface area (Å²) < 4.78 is 16.6. The van der Waals surface area contributed by atoms with Crippen LogP contribution in [-0.4, -0.2) is 30.9 Å². The van der Waals surface area contributed by atoms with Gasteiger partial charge in [0.15, 0.2) is 11.2 Å². The number of rotatable bonds is 8. The monoisotopic (exact) mass is 422 g/mol. The number of carbonyl (C=O) groups is 3. The van der Waals surface area contributed by atoms with Crippen molar-refractivity contribution in [3.05, 3.63) is 77.6 Å². The van der Waals surface area contributed by atoms with Gasteiger partial charge < -0.3 is 14.2 Å². The number of benzene rings is 2. The lowest BCUT2D eigenvalue weighted by Crippen LogP contribution is -2.46. The maximum atomic E-state index is 13.2. The van der Waals surface area contributed by atoms with Crippen molar-refractivity contribution in [3.63, 3.8) is 0 Å². The number of hydrogen-bond donors (Lipinski definition) is 0. The molecule has 0 bridgehead atoms. The molecule has 0 spiro atoms. The first-order valence-corrected chi connectivity index (χ1v) is 10.2. The van der Waals surface area contributed by atoms with Crippen molar-refractivity contribution in [1.82, 2.24) is 0 Å². The minimum Gasteiger partial charge on any atom is -0.465 e. The average Bonchev–Trinajstić information content (AvgIpc) is 3.11. The molecule has 1 unspecified atom stereocenters. The highest BCUT2D eigenvalue weighted by Gasteiger charge is 2.61. The molecule has 1 aliphatic rings. The van der Waals surface area contributed by atoms with Crippen molar-refractivity contribution < 1.29 is 28.6 Å². The fourth-order valence-electron chi connectivity index (χ4n) is 4.04. The molecule has 2 aromatic rings. The highest BCUT2D eigenvalue weighted by Crippen LogP contribution is 2.52. The summed E-state index contributed by atoms with van der Waals surface area (Å²) >= 11 is 0. The van der Waals surface area contributed by atoms with Crippen LogP contribution in [0.4, 0.5) is 0 Å². The Morgan fingerprint density at radius 2 is 1.55 bits per heavy atom. The van der Waals surface area contributed by atoms with Gasteiger partial charge in [0, 0.05) is 12.0 Å². The van der Waals surface area contributed by atoms with Crippen LogP contribution >= 0.6 is 0 Å². The fourth-order valence-corrected chi connectivity index (χ4v) is 4.04. The lowest BCUT2D eigenvalue weighted by Gasteiger charge is -2.32. The largest absolute Gasteiger partial charge is 0.465 e. The number of esters is 2. The summed E-state index contributed by atoms with van der Waals surface area (Å²) in [5.41, 5.74) is 0.544. The summed E-state index contributed by atoms with van der Waals surface area (Å²) in [6, 6.07) is 14.0.